The SMILES string of the molecule is CC/C=C\C/C=C\C/C=C\C/C=C\C/C=C\C/C=C\CCCCCCCCC(=O)OCC(COC(=O)CCCCCCCCCCCCCCCCCCCC)OC(=O)CCCCCCCCCCC/C=C\CCCCCCCC. The van der Waals surface area contributed by atoms with E-state index in [1.807, 2.05) is 0 Å². The number of allylic oxidation sites excluding steroid dienone is 14. The van der Waals surface area contributed by atoms with Crippen LogP contribution in [0.1, 0.15) is 348 Å². The maximum Gasteiger partial charge on any atom is 0.306 e. The predicted molar refractivity (Wildman–Crippen MR) is 348 cm³/mol. The molecule has 0 fully saturated rings. The second kappa shape index (κ2) is 68.1. The van der Waals surface area contributed by atoms with Crippen LogP contribution >= 0.6 is 0 Å². The Balaban J connectivity index is 4.38. The van der Waals surface area contributed by atoms with E-state index in [2.05, 4.69) is 106 Å². The van der Waals surface area contributed by atoms with Gasteiger partial charge in [0, 0.05) is 19.3 Å². The van der Waals surface area contributed by atoms with Gasteiger partial charge < -0.3 is 14.2 Å². The second-order valence-electron chi connectivity index (χ2n) is 23.1. The molecule has 0 aliphatic heterocycles. The quantitative estimate of drug-likeness (QED) is 0.0261. The molecule has 0 aromatic carbocycles. The molecular weight excluding hydrogens is 985 g/mol. The molecule has 0 saturated carbocycles. The maximum absolute atomic E-state index is 13.0. The fraction of sp³-hybridized carbons (Fsp3) is 0.770. The predicted octanol–water partition coefficient (Wildman–Crippen LogP) is 23.8. The monoisotopic (exact) mass is 1110 g/mol. The van der Waals surface area contributed by atoms with Gasteiger partial charge in [0.25, 0.3) is 0 Å². The number of carbonyl (C=O) groups excluding carboxylic acids is 3. The van der Waals surface area contributed by atoms with Gasteiger partial charge in [-0.1, -0.05) is 318 Å². The summed E-state index contributed by atoms with van der Waals surface area (Å²) in [5, 5.41) is 0. The third-order valence-corrected chi connectivity index (χ3v) is 15.1. The molecule has 0 rings (SSSR count). The van der Waals surface area contributed by atoms with E-state index in [0.717, 1.165) is 109 Å². The van der Waals surface area contributed by atoms with Crippen molar-refractivity contribution in [2.24, 2.45) is 0 Å². The number of rotatable bonds is 63. The zero-order valence-electron chi connectivity index (χ0n) is 53.1. The summed E-state index contributed by atoms with van der Waals surface area (Å²) < 4.78 is 17.0. The van der Waals surface area contributed by atoms with Gasteiger partial charge in [0.15, 0.2) is 6.10 Å². The smallest absolute Gasteiger partial charge is 0.306 e. The molecular formula is C74H130O6. The first-order valence-electron chi connectivity index (χ1n) is 34.6. The minimum atomic E-state index is -0.785. The summed E-state index contributed by atoms with van der Waals surface area (Å²) >= 11 is 0. The molecule has 0 N–H and O–H groups in total. The topological polar surface area (TPSA) is 78.9 Å². The van der Waals surface area contributed by atoms with Gasteiger partial charge in [-0.2, -0.15) is 0 Å². The van der Waals surface area contributed by atoms with E-state index < -0.39 is 6.10 Å². The molecule has 0 radical (unpaired) electrons. The third kappa shape index (κ3) is 65.4. The van der Waals surface area contributed by atoms with Gasteiger partial charge in [-0.15, -0.1) is 0 Å². The Morgan fingerprint density at radius 2 is 0.487 bits per heavy atom. The Morgan fingerprint density at radius 1 is 0.263 bits per heavy atom. The molecule has 0 aromatic heterocycles. The summed E-state index contributed by atoms with van der Waals surface area (Å²) in [5.74, 6) is -0.876. The first-order chi connectivity index (χ1) is 39.5. The molecule has 0 amide bonds. The third-order valence-electron chi connectivity index (χ3n) is 15.1. The standard InChI is InChI=1S/C74H130O6/c1-4-7-10-13-16-19-22-25-28-31-34-35-36-37-38-39-41-43-46-49-52-55-58-61-64-67-73(76)79-70-71(69-78-72(75)66-63-60-57-54-51-48-45-42-33-30-27-24-21-18-15-12-9-6-3)80-74(77)68-65-62-59-56-53-50-47-44-40-32-29-26-23-20-17-14-11-8-5-2/h7,10,16,19,25-26,28-29,34-35,37-38,41,43,71H,4-6,8-9,11-15,17-18,20-24,27,30-33,36,39-40,42,44-70H2,1-3H3/b10-7-,19-16-,28-25-,29-26-,35-34-,38-37-,43-41-. The Hall–Kier alpha value is -3.41. The largest absolute Gasteiger partial charge is 0.462 e. The molecule has 0 spiro atoms. The van der Waals surface area contributed by atoms with E-state index in [0.29, 0.717) is 19.3 Å². The molecule has 0 aliphatic rings. The van der Waals surface area contributed by atoms with Crippen LogP contribution in [-0.2, 0) is 28.6 Å². The van der Waals surface area contributed by atoms with Crippen molar-refractivity contribution >= 4 is 17.9 Å². The van der Waals surface area contributed by atoms with Crippen LogP contribution in [0.25, 0.3) is 0 Å². The molecule has 1 atom stereocenters. The molecule has 0 saturated heterocycles. The van der Waals surface area contributed by atoms with Gasteiger partial charge in [-0.25, -0.2) is 0 Å². The van der Waals surface area contributed by atoms with E-state index in [1.54, 1.807) is 0 Å². The molecule has 462 valence electrons. The van der Waals surface area contributed by atoms with E-state index in [9.17, 15) is 14.4 Å². The van der Waals surface area contributed by atoms with Crippen molar-refractivity contribution in [3.63, 3.8) is 0 Å². The fourth-order valence-corrected chi connectivity index (χ4v) is 9.97. The lowest BCUT2D eigenvalue weighted by Gasteiger charge is -2.18. The first kappa shape index (κ1) is 76.6. The van der Waals surface area contributed by atoms with E-state index in [1.165, 1.54) is 199 Å². The van der Waals surface area contributed by atoms with Crippen molar-refractivity contribution in [3.05, 3.63) is 85.1 Å². The second-order valence-corrected chi connectivity index (χ2v) is 23.1. The highest BCUT2D eigenvalue weighted by atomic mass is 16.6. The molecule has 0 aromatic rings. The summed E-state index contributed by atoms with van der Waals surface area (Å²) in [6.45, 7) is 6.56. The van der Waals surface area contributed by atoms with Crippen molar-refractivity contribution in [1.82, 2.24) is 0 Å². The Morgan fingerprint density at radius 3 is 0.775 bits per heavy atom. The summed E-state index contributed by atoms with van der Waals surface area (Å²) in [4.78, 5) is 38.5. The minimum Gasteiger partial charge on any atom is -0.462 e. The van der Waals surface area contributed by atoms with Crippen LogP contribution in [0.5, 0.6) is 0 Å². The van der Waals surface area contributed by atoms with Crippen LogP contribution in [0.15, 0.2) is 85.1 Å². The average molecular weight is 1120 g/mol. The van der Waals surface area contributed by atoms with Gasteiger partial charge in [-0.3, -0.25) is 14.4 Å². The van der Waals surface area contributed by atoms with Crippen LogP contribution < -0.4 is 0 Å². The van der Waals surface area contributed by atoms with Crippen LogP contribution in [0.2, 0.25) is 0 Å². The van der Waals surface area contributed by atoms with Crippen LogP contribution in [0.3, 0.4) is 0 Å². The minimum absolute atomic E-state index is 0.0784. The number of carbonyl (C=O) groups is 3. The molecule has 80 heavy (non-hydrogen) atoms. The lowest BCUT2D eigenvalue weighted by molar-refractivity contribution is -0.167. The van der Waals surface area contributed by atoms with Crippen molar-refractivity contribution < 1.29 is 28.6 Å². The lowest BCUT2D eigenvalue weighted by atomic mass is 10.0. The highest BCUT2D eigenvalue weighted by molar-refractivity contribution is 5.71. The van der Waals surface area contributed by atoms with E-state index >= 15 is 0 Å². The number of hydrogen-bond acceptors (Lipinski definition) is 6. The summed E-state index contributed by atoms with van der Waals surface area (Å²) in [7, 11) is 0. The van der Waals surface area contributed by atoms with Crippen molar-refractivity contribution in [3.8, 4) is 0 Å². The van der Waals surface area contributed by atoms with Crippen LogP contribution in [-0.4, -0.2) is 37.2 Å². The maximum atomic E-state index is 13.0. The lowest BCUT2D eigenvalue weighted by Crippen LogP contribution is -2.30. The normalized spacial score (nSPS) is 12.6. The van der Waals surface area contributed by atoms with Crippen molar-refractivity contribution in [1.29, 1.82) is 0 Å². The van der Waals surface area contributed by atoms with Gasteiger partial charge in [-0.05, 0) is 96.3 Å². The average Bonchev–Trinajstić information content (AvgIpc) is 3.46. The van der Waals surface area contributed by atoms with Crippen LogP contribution in [0.4, 0.5) is 0 Å². The van der Waals surface area contributed by atoms with Gasteiger partial charge >= 0.3 is 17.9 Å². The van der Waals surface area contributed by atoms with Gasteiger partial charge in [0.1, 0.15) is 13.2 Å². The zero-order chi connectivity index (χ0) is 57.8. The molecule has 1 unspecified atom stereocenters. The summed E-state index contributed by atoms with van der Waals surface area (Å²) in [6.07, 6.45) is 90.2. The Kier molecular flexibility index (Phi) is 65.2. The fourth-order valence-electron chi connectivity index (χ4n) is 9.97. The van der Waals surface area contributed by atoms with Crippen LogP contribution in [0, 0.1) is 0 Å². The van der Waals surface area contributed by atoms with E-state index in [4.69, 9.17) is 14.2 Å². The van der Waals surface area contributed by atoms with Crippen molar-refractivity contribution in [2.45, 2.75) is 354 Å². The highest BCUT2D eigenvalue weighted by Crippen LogP contribution is 2.17. The number of hydrogen-bond donors (Lipinski definition) is 0. The Labute approximate surface area is 496 Å². The molecule has 6 heteroatoms. The first-order valence-corrected chi connectivity index (χ1v) is 34.6. The van der Waals surface area contributed by atoms with Gasteiger partial charge in [0.2, 0.25) is 0 Å². The molecule has 0 aliphatic carbocycles. The summed E-state index contributed by atoms with van der Waals surface area (Å²) in [6, 6.07) is 0. The van der Waals surface area contributed by atoms with Gasteiger partial charge in [0.05, 0.1) is 0 Å². The van der Waals surface area contributed by atoms with E-state index in [-0.39, 0.29) is 31.1 Å². The zero-order valence-corrected chi connectivity index (χ0v) is 53.1. The number of unbranched alkanes of at least 4 members (excludes halogenated alkanes) is 38. The molecule has 0 heterocycles. The molecule has 6 nitrogen and oxygen atoms in total. The number of ether oxygens (including phenoxy) is 3. The summed E-state index contributed by atoms with van der Waals surface area (Å²) in [5.41, 5.74) is 0. The Bertz CT molecular complexity index is 1520. The number of esters is 3. The molecule has 0 bridgehead atoms. The highest BCUT2D eigenvalue weighted by Gasteiger charge is 2.19. The van der Waals surface area contributed by atoms with Crippen molar-refractivity contribution in [2.75, 3.05) is 13.2 Å².